The first-order chi connectivity index (χ1) is 11.5. The van der Waals surface area contributed by atoms with Crippen LogP contribution in [0.15, 0.2) is 46.9 Å². The van der Waals surface area contributed by atoms with Crippen LogP contribution in [0.4, 0.5) is 4.39 Å². The number of carbonyl (C=O) groups is 1. The lowest BCUT2D eigenvalue weighted by Crippen LogP contribution is -1.96. The molecule has 0 aliphatic rings. The van der Waals surface area contributed by atoms with E-state index in [4.69, 9.17) is 16.0 Å². The average molecular weight is 345 g/mol. The highest BCUT2D eigenvalue weighted by molar-refractivity contribution is 6.31. The first kappa shape index (κ1) is 16.2. The van der Waals surface area contributed by atoms with Crippen LogP contribution in [-0.2, 0) is 0 Å². The number of rotatable bonds is 4. The second-order valence-corrected chi connectivity index (χ2v) is 5.64. The van der Waals surface area contributed by atoms with Crippen LogP contribution >= 0.6 is 11.6 Å². The molecule has 0 bridgehead atoms. The Bertz CT molecular complexity index is 923. The molecule has 6 heteroatoms. The zero-order valence-electron chi connectivity index (χ0n) is 13.1. The fourth-order valence-electron chi connectivity index (χ4n) is 2.26. The minimum atomic E-state index is -0.335. The third kappa shape index (κ3) is 3.16. The lowest BCUT2D eigenvalue weighted by Gasteiger charge is -2.02. The summed E-state index contributed by atoms with van der Waals surface area (Å²) in [6.45, 7) is 3.56. The number of aromatic nitrogens is 2. The highest BCUT2D eigenvalue weighted by Gasteiger charge is 2.14. The van der Waals surface area contributed by atoms with E-state index in [1.165, 1.54) is 22.9 Å². The van der Waals surface area contributed by atoms with Gasteiger partial charge in [-0.05, 0) is 62.4 Å². The van der Waals surface area contributed by atoms with Crippen LogP contribution in [0.25, 0.3) is 11.8 Å². The molecule has 0 aliphatic heterocycles. The van der Waals surface area contributed by atoms with Gasteiger partial charge in [0.05, 0.1) is 11.4 Å². The quantitative estimate of drug-likeness (QED) is 0.506. The molecule has 24 heavy (non-hydrogen) atoms. The van der Waals surface area contributed by atoms with Crippen molar-refractivity contribution in [3.05, 3.63) is 76.2 Å². The van der Waals surface area contributed by atoms with Gasteiger partial charge in [-0.2, -0.15) is 5.10 Å². The molecule has 2 heterocycles. The standard InChI is InChI=1S/C18H14ClFN2O2/c1-11-3-10-17(24-11)16(23)9-8-15-12(2)21-22(18(15)19)14-6-4-13(20)5-7-14/h3-10H,1-2H3. The highest BCUT2D eigenvalue weighted by atomic mass is 35.5. The molecule has 0 saturated carbocycles. The average Bonchev–Trinajstić information content (AvgIpc) is 3.10. The third-order valence-electron chi connectivity index (χ3n) is 3.50. The van der Waals surface area contributed by atoms with E-state index in [0.717, 1.165) is 0 Å². The molecule has 4 nitrogen and oxygen atoms in total. The maximum atomic E-state index is 13.0. The van der Waals surface area contributed by atoms with Gasteiger partial charge in [0.1, 0.15) is 16.7 Å². The van der Waals surface area contributed by atoms with Gasteiger partial charge >= 0.3 is 0 Å². The van der Waals surface area contributed by atoms with Gasteiger partial charge in [0.15, 0.2) is 5.76 Å². The molecular weight excluding hydrogens is 331 g/mol. The van der Waals surface area contributed by atoms with E-state index in [1.54, 1.807) is 44.2 Å². The monoisotopic (exact) mass is 344 g/mol. The van der Waals surface area contributed by atoms with Crippen molar-refractivity contribution in [2.45, 2.75) is 13.8 Å². The lowest BCUT2D eigenvalue weighted by atomic mass is 10.2. The molecular formula is C18H14ClFN2O2. The van der Waals surface area contributed by atoms with Crippen molar-refractivity contribution in [2.24, 2.45) is 0 Å². The van der Waals surface area contributed by atoms with Crippen molar-refractivity contribution in [3.63, 3.8) is 0 Å². The molecule has 0 atom stereocenters. The Labute approximate surface area is 143 Å². The van der Waals surface area contributed by atoms with Crippen molar-refractivity contribution in [3.8, 4) is 5.69 Å². The molecule has 0 saturated heterocycles. The van der Waals surface area contributed by atoms with E-state index >= 15 is 0 Å². The summed E-state index contributed by atoms with van der Waals surface area (Å²) < 4.78 is 19.8. The van der Waals surface area contributed by atoms with Crippen LogP contribution in [0.1, 0.15) is 27.6 Å². The minimum absolute atomic E-state index is 0.256. The Morgan fingerprint density at radius 1 is 1.21 bits per heavy atom. The van der Waals surface area contributed by atoms with Gasteiger partial charge in [0, 0.05) is 5.56 Å². The van der Waals surface area contributed by atoms with Crippen molar-refractivity contribution in [2.75, 3.05) is 0 Å². The number of hydrogen-bond acceptors (Lipinski definition) is 3. The van der Waals surface area contributed by atoms with Gasteiger partial charge in [0.2, 0.25) is 5.78 Å². The number of aryl methyl sites for hydroxylation is 2. The molecule has 0 spiro atoms. The van der Waals surface area contributed by atoms with E-state index in [1.807, 2.05) is 0 Å². The van der Waals surface area contributed by atoms with Crippen molar-refractivity contribution < 1.29 is 13.6 Å². The number of nitrogens with zero attached hydrogens (tertiary/aromatic N) is 2. The lowest BCUT2D eigenvalue weighted by molar-refractivity contribution is 0.102. The number of hydrogen-bond donors (Lipinski definition) is 0. The maximum Gasteiger partial charge on any atom is 0.221 e. The van der Waals surface area contributed by atoms with Gasteiger partial charge in [0.25, 0.3) is 0 Å². The van der Waals surface area contributed by atoms with E-state index in [-0.39, 0.29) is 17.4 Å². The van der Waals surface area contributed by atoms with E-state index in [0.29, 0.717) is 27.9 Å². The van der Waals surface area contributed by atoms with Crippen molar-refractivity contribution >= 4 is 23.5 Å². The molecule has 0 aliphatic carbocycles. The number of ketones is 1. The number of furan rings is 1. The van der Waals surface area contributed by atoms with Gasteiger partial charge in [-0.3, -0.25) is 4.79 Å². The second kappa shape index (κ2) is 6.45. The van der Waals surface area contributed by atoms with Crippen molar-refractivity contribution in [1.82, 2.24) is 9.78 Å². The molecule has 0 amide bonds. The molecule has 0 radical (unpaired) electrons. The van der Waals surface area contributed by atoms with Crippen LogP contribution in [0, 0.1) is 19.7 Å². The smallest absolute Gasteiger partial charge is 0.221 e. The summed E-state index contributed by atoms with van der Waals surface area (Å²) in [4.78, 5) is 12.1. The fourth-order valence-corrected chi connectivity index (χ4v) is 2.60. The van der Waals surface area contributed by atoms with E-state index in [9.17, 15) is 9.18 Å². The van der Waals surface area contributed by atoms with Crippen LogP contribution in [-0.4, -0.2) is 15.6 Å². The summed E-state index contributed by atoms with van der Waals surface area (Å²) >= 11 is 6.36. The summed E-state index contributed by atoms with van der Waals surface area (Å²) in [5.74, 6) is 0.347. The van der Waals surface area contributed by atoms with Gasteiger partial charge in [-0.25, -0.2) is 9.07 Å². The molecule has 0 N–H and O–H groups in total. The molecule has 0 unspecified atom stereocenters. The molecule has 0 fully saturated rings. The van der Waals surface area contributed by atoms with Crippen LogP contribution in [0.2, 0.25) is 5.15 Å². The molecule has 1 aromatic carbocycles. The Morgan fingerprint density at radius 3 is 2.54 bits per heavy atom. The third-order valence-corrected chi connectivity index (χ3v) is 3.87. The topological polar surface area (TPSA) is 48.0 Å². The summed E-state index contributed by atoms with van der Waals surface area (Å²) in [6.07, 6.45) is 2.99. The van der Waals surface area contributed by atoms with E-state index < -0.39 is 0 Å². The van der Waals surface area contributed by atoms with Gasteiger partial charge in [-0.1, -0.05) is 11.6 Å². The highest BCUT2D eigenvalue weighted by Crippen LogP contribution is 2.25. The van der Waals surface area contributed by atoms with Crippen LogP contribution in [0.5, 0.6) is 0 Å². The molecule has 2 aromatic heterocycles. The minimum Gasteiger partial charge on any atom is -0.458 e. The largest absolute Gasteiger partial charge is 0.458 e. The zero-order chi connectivity index (χ0) is 17.3. The SMILES string of the molecule is Cc1ccc(C(=O)C=Cc2c(C)nn(-c3ccc(F)cc3)c2Cl)o1. The predicted octanol–water partition coefficient (Wildman–Crippen LogP) is 4.77. The summed E-state index contributed by atoms with van der Waals surface area (Å²) in [6, 6.07) is 9.18. The number of allylic oxidation sites excluding steroid dienone is 1. The summed E-state index contributed by atoms with van der Waals surface area (Å²) in [5, 5.41) is 4.69. The Hall–Kier alpha value is -2.66. The first-order valence-electron chi connectivity index (χ1n) is 7.25. The first-order valence-corrected chi connectivity index (χ1v) is 7.63. The zero-order valence-corrected chi connectivity index (χ0v) is 13.8. The normalized spacial score (nSPS) is 11.3. The molecule has 3 aromatic rings. The number of halogens is 2. The summed E-state index contributed by atoms with van der Waals surface area (Å²) in [5.41, 5.74) is 1.92. The van der Waals surface area contributed by atoms with Gasteiger partial charge < -0.3 is 4.42 Å². The Morgan fingerprint density at radius 2 is 1.92 bits per heavy atom. The Kier molecular flexibility index (Phi) is 4.36. The van der Waals surface area contributed by atoms with Crippen LogP contribution < -0.4 is 0 Å². The Balaban J connectivity index is 1.90. The van der Waals surface area contributed by atoms with E-state index in [2.05, 4.69) is 5.10 Å². The number of benzene rings is 1. The predicted molar refractivity (Wildman–Crippen MR) is 90.1 cm³/mol. The molecule has 3 rings (SSSR count). The second-order valence-electron chi connectivity index (χ2n) is 5.29. The fraction of sp³-hybridized carbons (Fsp3) is 0.111. The maximum absolute atomic E-state index is 13.0. The van der Waals surface area contributed by atoms with Crippen LogP contribution in [0.3, 0.4) is 0 Å². The molecule has 122 valence electrons. The summed E-state index contributed by atoms with van der Waals surface area (Å²) in [7, 11) is 0. The van der Waals surface area contributed by atoms with Gasteiger partial charge in [-0.15, -0.1) is 0 Å². The number of carbonyl (C=O) groups excluding carboxylic acids is 1. The van der Waals surface area contributed by atoms with Crippen molar-refractivity contribution in [1.29, 1.82) is 0 Å².